The van der Waals surface area contributed by atoms with E-state index in [4.69, 9.17) is 4.74 Å². The Hall–Kier alpha value is -1.60. The Bertz CT molecular complexity index is 588. The van der Waals surface area contributed by atoms with E-state index in [-0.39, 0.29) is 11.7 Å². The summed E-state index contributed by atoms with van der Waals surface area (Å²) in [4.78, 5) is 7.06. The van der Waals surface area contributed by atoms with Crippen LogP contribution in [0.2, 0.25) is 0 Å². The molecule has 0 bridgehead atoms. The highest BCUT2D eigenvalue weighted by atomic mass is 32.2. The van der Waals surface area contributed by atoms with Crippen molar-refractivity contribution < 1.29 is 13.2 Å². The smallest absolute Gasteiger partial charge is 0.235 e. The number of rotatable bonds is 6. The Morgan fingerprint density at radius 2 is 2.17 bits per heavy atom. The van der Waals surface area contributed by atoms with Gasteiger partial charge in [-0.2, -0.15) is 0 Å². The second-order valence-electron chi connectivity index (χ2n) is 3.87. The molecule has 1 aromatic carbocycles. The van der Waals surface area contributed by atoms with E-state index in [2.05, 4.69) is 14.7 Å². The van der Waals surface area contributed by atoms with Crippen LogP contribution in [0.3, 0.4) is 0 Å². The highest BCUT2D eigenvalue weighted by Gasteiger charge is 2.12. The summed E-state index contributed by atoms with van der Waals surface area (Å²) in [6.07, 6.45) is 0.450. The Morgan fingerprint density at radius 1 is 1.39 bits per heavy atom. The molecule has 98 valence electrons. The molecule has 0 saturated carbocycles. The van der Waals surface area contributed by atoms with Crippen LogP contribution in [0, 0.1) is 0 Å². The summed E-state index contributed by atoms with van der Waals surface area (Å²) in [5.41, 5.74) is 1.53. The molecule has 7 heteroatoms. The zero-order valence-corrected chi connectivity index (χ0v) is 10.8. The molecule has 0 radical (unpaired) electrons. The first-order valence-corrected chi connectivity index (χ1v) is 7.20. The van der Waals surface area contributed by atoms with Crippen molar-refractivity contribution in [1.82, 2.24) is 9.97 Å². The lowest BCUT2D eigenvalue weighted by molar-refractivity contribution is 0.199. The third kappa shape index (κ3) is 3.21. The van der Waals surface area contributed by atoms with Crippen molar-refractivity contribution in [2.75, 3.05) is 24.2 Å². The predicted octanol–water partition coefficient (Wildman–Crippen LogP) is 1.34. The number of methoxy groups -OCH3 is 1. The van der Waals surface area contributed by atoms with Crippen LogP contribution >= 0.6 is 0 Å². The fraction of sp³-hybridized carbons (Fsp3) is 0.364. The van der Waals surface area contributed by atoms with Gasteiger partial charge in [0, 0.05) is 13.7 Å². The molecule has 2 rings (SSSR count). The Kier molecular flexibility index (Phi) is 3.83. The van der Waals surface area contributed by atoms with Crippen LogP contribution in [0.5, 0.6) is 0 Å². The molecule has 0 aliphatic heterocycles. The summed E-state index contributed by atoms with van der Waals surface area (Å²) < 4.78 is 30.7. The van der Waals surface area contributed by atoms with Gasteiger partial charge in [0.25, 0.3) is 0 Å². The molecule has 2 N–H and O–H groups in total. The number of benzene rings is 1. The van der Waals surface area contributed by atoms with Gasteiger partial charge in [0.2, 0.25) is 16.0 Å². The van der Waals surface area contributed by atoms with Gasteiger partial charge in [-0.15, -0.1) is 0 Å². The molecule has 6 nitrogen and oxygen atoms in total. The molecule has 18 heavy (non-hydrogen) atoms. The van der Waals surface area contributed by atoms with Gasteiger partial charge in [0.1, 0.15) is 0 Å². The average Bonchev–Trinajstić information content (AvgIpc) is 2.70. The number of nitrogens with zero attached hydrogens (tertiary/aromatic N) is 1. The number of ether oxygens (including phenoxy) is 1. The number of para-hydroxylation sites is 2. The van der Waals surface area contributed by atoms with E-state index in [0.717, 1.165) is 11.0 Å². The van der Waals surface area contributed by atoms with Crippen LogP contribution < -0.4 is 4.72 Å². The monoisotopic (exact) mass is 269 g/mol. The SMILES string of the molecule is COCCCS(=O)(=O)Nc1nc2ccccc2[nH]1. The largest absolute Gasteiger partial charge is 0.385 e. The fourth-order valence-corrected chi connectivity index (χ4v) is 2.58. The van der Waals surface area contributed by atoms with Crippen molar-refractivity contribution in [3.63, 3.8) is 0 Å². The third-order valence-corrected chi connectivity index (χ3v) is 3.73. The van der Waals surface area contributed by atoms with Crippen molar-refractivity contribution in [2.45, 2.75) is 6.42 Å². The van der Waals surface area contributed by atoms with Crippen LogP contribution in [-0.4, -0.2) is 37.9 Å². The summed E-state index contributed by atoms with van der Waals surface area (Å²) in [6.45, 7) is 0.418. The Labute approximate surface area is 105 Å². The minimum atomic E-state index is -3.38. The molecule has 0 unspecified atom stereocenters. The fourth-order valence-electron chi connectivity index (χ4n) is 1.59. The lowest BCUT2D eigenvalue weighted by atomic mass is 10.3. The Morgan fingerprint density at radius 3 is 2.89 bits per heavy atom. The van der Waals surface area contributed by atoms with Crippen LogP contribution in [0.15, 0.2) is 24.3 Å². The van der Waals surface area contributed by atoms with Crippen molar-refractivity contribution in [1.29, 1.82) is 0 Å². The summed E-state index contributed by atoms with van der Waals surface area (Å²) in [7, 11) is -1.84. The van der Waals surface area contributed by atoms with Crippen LogP contribution in [-0.2, 0) is 14.8 Å². The topological polar surface area (TPSA) is 84.1 Å². The first-order chi connectivity index (χ1) is 8.61. The minimum absolute atomic E-state index is 0.0118. The van der Waals surface area contributed by atoms with E-state index in [9.17, 15) is 8.42 Å². The molecule has 0 spiro atoms. The maximum absolute atomic E-state index is 11.7. The van der Waals surface area contributed by atoms with Gasteiger partial charge in [0.05, 0.1) is 16.8 Å². The van der Waals surface area contributed by atoms with Crippen molar-refractivity contribution in [3.8, 4) is 0 Å². The third-order valence-electron chi connectivity index (χ3n) is 2.40. The van der Waals surface area contributed by atoms with Gasteiger partial charge in [-0.3, -0.25) is 4.72 Å². The van der Waals surface area contributed by atoms with Crippen LogP contribution in [0.25, 0.3) is 11.0 Å². The van der Waals surface area contributed by atoms with E-state index >= 15 is 0 Å². The Balaban J connectivity index is 2.08. The number of fused-ring (bicyclic) bond motifs is 1. The molecule has 0 amide bonds. The standard InChI is InChI=1S/C11H15N3O3S/c1-17-7-4-8-18(15,16)14-11-12-9-5-2-3-6-10(9)13-11/h2-3,5-6H,4,7-8H2,1H3,(H2,12,13,14). The number of aromatic amines is 1. The van der Waals surface area contributed by atoms with E-state index in [1.54, 1.807) is 7.11 Å². The molecular weight excluding hydrogens is 254 g/mol. The van der Waals surface area contributed by atoms with Crippen LogP contribution in [0.1, 0.15) is 6.42 Å². The van der Waals surface area contributed by atoms with Gasteiger partial charge in [-0.05, 0) is 18.6 Å². The number of hydrogen-bond donors (Lipinski definition) is 2. The maximum atomic E-state index is 11.7. The van der Waals surface area contributed by atoms with Crippen molar-refractivity contribution in [3.05, 3.63) is 24.3 Å². The lowest BCUT2D eigenvalue weighted by Crippen LogP contribution is -2.18. The molecule has 0 saturated heterocycles. The second kappa shape index (κ2) is 5.36. The van der Waals surface area contributed by atoms with Gasteiger partial charge in [-0.25, -0.2) is 13.4 Å². The van der Waals surface area contributed by atoms with Gasteiger partial charge >= 0.3 is 0 Å². The predicted molar refractivity (Wildman–Crippen MR) is 70.0 cm³/mol. The van der Waals surface area contributed by atoms with Crippen molar-refractivity contribution in [2.24, 2.45) is 0 Å². The zero-order chi connectivity index (χ0) is 13.0. The second-order valence-corrected chi connectivity index (χ2v) is 5.71. The summed E-state index contributed by atoms with van der Waals surface area (Å²) in [6, 6.07) is 7.36. The molecule has 2 aromatic rings. The number of H-pyrrole nitrogens is 1. The quantitative estimate of drug-likeness (QED) is 0.775. The maximum Gasteiger partial charge on any atom is 0.235 e. The molecule has 1 heterocycles. The van der Waals surface area contributed by atoms with E-state index in [1.807, 2.05) is 24.3 Å². The van der Waals surface area contributed by atoms with Gasteiger partial charge in [0.15, 0.2) is 0 Å². The van der Waals surface area contributed by atoms with Gasteiger partial charge < -0.3 is 9.72 Å². The molecule has 0 aliphatic rings. The molecule has 1 aromatic heterocycles. The highest BCUT2D eigenvalue weighted by molar-refractivity contribution is 7.92. The molecule has 0 aliphatic carbocycles. The number of anilines is 1. The minimum Gasteiger partial charge on any atom is -0.385 e. The van der Waals surface area contributed by atoms with Gasteiger partial charge in [-0.1, -0.05) is 12.1 Å². The summed E-state index contributed by atoms with van der Waals surface area (Å²) in [5, 5.41) is 0. The van der Waals surface area contributed by atoms with E-state index in [0.29, 0.717) is 13.0 Å². The van der Waals surface area contributed by atoms with E-state index < -0.39 is 10.0 Å². The summed E-state index contributed by atoms with van der Waals surface area (Å²) >= 11 is 0. The highest BCUT2D eigenvalue weighted by Crippen LogP contribution is 2.14. The number of imidazole rings is 1. The average molecular weight is 269 g/mol. The number of sulfonamides is 1. The molecule has 0 fully saturated rings. The molecule has 0 atom stereocenters. The normalized spacial score (nSPS) is 11.8. The lowest BCUT2D eigenvalue weighted by Gasteiger charge is -2.04. The zero-order valence-electron chi connectivity index (χ0n) is 10.0. The molecular formula is C11H15N3O3S. The van der Waals surface area contributed by atoms with Crippen LogP contribution in [0.4, 0.5) is 5.95 Å². The van der Waals surface area contributed by atoms with Crippen molar-refractivity contribution >= 4 is 27.0 Å². The number of nitrogens with one attached hydrogen (secondary N) is 2. The number of aromatic nitrogens is 2. The number of hydrogen-bond acceptors (Lipinski definition) is 4. The van der Waals surface area contributed by atoms with E-state index in [1.165, 1.54) is 0 Å². The summed E-state index contributed by atoms with van der Waals surface area (Å²) in [5.74, 6) is 0.256. The first kappa shape index (κ1) is 12.8. The first-order valence-electron chi connectivity index (χ1n) is 5.55.